The predicted molar refractivity (Wildman–Crippen MR) is 105 cm³/mol. The van der Waals surface area contributed by atoms with Crippen LogP contribution in [0.1, 0.15) is 5.56 Å². The molecule has 3 aromatic rings. The van der Waals surface area contributed by atoms with Gasteiger partial charge in [-0.1, -0.05) is 18.2 Å². The van der Waals surface area contributed by atoms with Gasteiger partial charge in [0.05, 0.1) is 12.0 Å². The van der Waals surface area contributed by atoms with Crippen molar-refractivity contribution >= 4 is 27.3 Å². The molecule has 0 amide bonds. The van der Waals surface area contributed by atoms with E-state index >= 15 is 0 Å². The molecule has 0 fully saturated rings. The second-order valence-corrected chi connectivity index (χ2v) is 7.59. The molecule has 0 aliphatic rings. The van der Waals surface area contributed by atoms with Gasteiger partial charge in [-0.25, -0.2) is 8.42 Å². The lowest BCUT2D eigenvalue weighted by molar-refractivity contribution is 0.411. The van der Waals surface area contributed by atoms with Gasteiger partial charge in [0, 0.05) is 12.7 Å². The molecule has 0 bridgehead atoms. The van der Waals surface area contributed by atoms with Gasteiger partial charge in [0.15, 0.2) is 11.6 Å². The summed E-state index contributed by atoms with van der Waals surface area (Å²) in [5, 5.41) is 8.09. The Hall–Kier alpha value is -3.13. The highest BCUT2D eigenvalue weighted by atomic mass is 32.2. The summed E-state index contributed by atoms with van der Waals surface area (Å²) in [4.78, 5) is 1.99. The van der Waals surface area contributed by atoms with E-state index in [-0.39, 0.29) is 10.7 Å². The third-order valence-electron chi connectivity index (χ3n) is 4.05. The molecule has 0 saturated heterocycles. The molecule has 3 rings (SSSR count). The summed E-state index contributed by atoms with van der Waals surface area (Å²) in [6.45, 7) is 1.78. The number of benzene rings is 2. The average Bonchev–Trinajstić information content (AvgIpc) is 2.68. The Labute approximate surface area is 158 Å². The first-order valence-electron chi connectivity index (χ1n) is 8.20. The molecule has 27 heavy (non-hydrogen) atoms. The normalized spacial score (nSPS) is 11.1. The SMILES string of the molecule is COc1ccc(S(=O)(=O)Nc2ccc(N(C)c3ccccc3)nn2)cc1C. The minimum absolute atomic E-state index is 0.132. The van der Waals surface area contributed by atoms with Crippen LogP contribution in [0.2, 0.25) is 0 Å². The summed E-state index contributed by atoms with van der Waals surface area (Å²) in [7, 11) is -0.363. The quantitative estimate of drug-likeness (QED) is 0.701. The van der Waals surface area contributed by atoms with Crippen LogP contribution in [-0.2, 0) is 10.0 Å². The summed E-state index contributed by atoms with van der Waals surface area (Å²) < 4.78 is 32.7. The number of sulfonamides is 1. The molecule has 0 unspecified atom stereocenters. The first kappa shape index (κ1) is 18.7. The smallest absolute Gasteiger partial charge is 0.263 e. The van der Waals surface area contributed by atoms with Crippen molar-refractivity contribution in [1.82, 2.24) is 10.2 Å². The van der Waals surface area contributed by atoms with Crippen molar-refractivity contribution in [3.63, 3.8) is 0 Å². The number of para-hydroxylation sites is 1. The topological polar surface area (TPSA) is 84.4 Å². The number of hydrogen-bond donors (Lipinski definition) is 1. The number of nitrogens with zero attached hydrogens (tertiary/aromatic N) is 3. The van der Waals surface area contributed by atoms with Crippen LogP contribution in [0.15, 0.2) is 65.6 Å². The first-order valence-corrected chi connectivity index (χ1v) is 9.69. The zero-order chi connectivity index (χ0) is 19.4. The summed E-state index contributed by atoms with van der Waals surface area (Å²) in [5.74, 6) is 1.38. The van der Waals surface area contributed by atoms with Crippen molar-refractivity contribution in [2.24, 2.45) is 0 Å². The lowest BCUT2D eigenvalue weighted by atomic mass is 10.2. The van der Waals surface area contributed by atoms with Gasteiger partial charge >= 0.3 is 0 Å². The number of nitrogens with one attached hydrogen (secondary N) is 1. The van der Waals surface area contributed by atoms with Gasteiger partial charge in [0.1, 0.15) is 5.75 Å². The molecule has 8 heteroatoms. The molecule has 0 radical (unpaired) electrons. The van der Waals surface area contributed by atoms with Crippen LogP contribution in [0, 0.1) is 6.92 Å². The van der Waals surface area contributed by atoms with E-state index in [0.717, 1.165) is 11.3 Å². The van der Waals surface area contributed by atoms with Crippen molar-refractivity contribution in [2.75, 3.05) is 23.8 Å². The number of aryl methyl sites for hydroxylation is 1. The molecular formula is C19H20N4O3S. The molecule has 0 aliphatic carbocycles. The molecule has 0 saturated carbocycles. The maximum atomic E-state index is 12.6. The third kappa shape index (κ3) is 4.17. The summed E-state index contributed by atoms with van der Waals surface area (Å²) >= 11 is 0. The van der Waals surface area contributed by atoms with Crippen LogP contribution in [0.25, 0.3) is 0 Å². The fraction of sp³-hybridized carbons (Fsp3) is 0.158. The Morgan fingerprint density at radius 2 is 1.74 bits per heavy atom. The number of rotatable bonds is 6. The molecular weight excluding hydrogens is 364 g/mol. The van der Waals surface area contributed by atoms with Crippen LogP contribution in [-0.4, -0.2) is 32.8 Å². The maximum absolute atomic E-state index is 12.6. The van der Waals surface area contributed by atoms with Gasteiger partial charge in [-0.05, 0) is 55.0 Å². The fourth-order valence-corrected chi connectivity index (χ4v) is 3.64. The second-order valence-electron chi connectivity index (χ2n) is 5.91. The van der Waals surface area contributed by atoms with E-state index < -0.39 is 10.0 Å². The van der Waals surface area contributed by atoms with Crippen molar-refractivity contribution in [2.45, 2.75) is 11.8 Å². The lowest BCUT2D eigenvalue weighted by Crippen LogP contribution is -2.16. The Bertz CT molecular complexity index is 1020. The third-order valence-corrected chi connectivity index (χ3v) is 5.41. The van der Waals surface area contributed by atoms with Crippen molar-refractivity contribution in [3.8, 4) is 5.75 Å². The fourth-order valence-electron chi connectivity index (χ4n) is 2.56. The minimum atomic E-state index is -3.77. The van der Waals surface area contributed by atoms with E-state index in [1.807, 2.05) is 42.3 Å². The monoisotopic (exact) mass is 384 g/mol. The van der Waals surface area contributed by atoms with E-state index in [4.69, 9.17) is 4.74 Å². The summed E-state index contributed by atoms with van der Waals surface area (Å²) in [6.07, 6.45) is 0. The van der Waals surface area contributed by atoms with E-state index in [1.165, 1.54) is 6.07 Å². The molecule has 1 heterocycles. The molecule has 1 aromatic heterocycles. The highest BCUT2D eigenvalue weighted by molar-refractivity contribution is 7.92. The summed E-state index contributed by atoms with van der Waals surface area (Å²) in [6, 6.07) is 17.6. The van der Waals surface area contributed by atoms with E-state index in [1.54, 1.807) is 38.3 Å². The van der Waals surface area contributed by atoms with Gasteiger partial charge in [-0.2, -0.15) is 0 Å². The molecule has 1 N–H and O–H groups in total. The molecule has 0 spiro atoms. The Morgan fingerprint density at radius 1 is 1.00 bits per heavy atom. The molecule has 2 aromatic carbocycles. The second kappa shape index (κ2) is 7.63. The number of aromatic nitrogens is 2. The number of ether oxygens (including phenoxy) is 1. The Morgan fingerprint density at radius 3 is 2.33 bits per heavy atom. The van der Waals surface area contributed by atoms with Crippen molar-refractivity contribution in [3.05, 3.63) is 66.2 Å². The van der Waals surface area contributed by atoms with Crippen LogP contribution < -0.4 is 14.4 Å². The van der Waals surface area contributed by atoms with Crippen LogP contribution in [0.4, 0.5) is 17.3 Å². The highest BCUT2D eigenvalue weighted by Crippen LogP contribution is 2.24. The van der Waals surface area contributed by atoms with Crippen molar-refractivity contribution in [1.29, 1.82) is 0 Å². The minimum Gasteiger partial charge on any atom is -0.496 e. The number of methoxy groups -OCH3 is 1. The van der Waals surface area contributed by atoms with Gasteiger partial charge < -0.3 is 9.64 Å². The largest absolute Gasteiger partial charge is 0.496 e. The Kier molecular flexibility index (Phi) is 5.27. The van der Waals surface area contributed by atoms with E-state index in [0.29, 0.717) is 11.6 Å². The van der Waals surface area contributed by atoms with Gasteiger partial charge in [-0.15, -0.1) is 10.2 Å². The van der Waals surface area contributed by atoms with Crippen molar-refractivity contribution < 1.29 is 13.2 Å². The Balaban J connectivity index is 1.78. The standard InChI is InChI=1S/C19H20N4O3S/c1-14-13-16(9-10-17(14)26-3)27(24,25)22-18-11-12-19(21-20-18)23(2)15-7-5-4-6-8-15/h4-13H,1-3H3,(H,20,22). The predicted octanol–water partition coefficient (Wildman–Crippen LogP) is 3.36. The van der Waals surface area contributed by atoms with E-state index in [2.05, 4.69) is 14.9 Å². The summed E-state index contributed by atoms with van der Waals surface area (Å²) in [5.41, 5.74) is 1.68. The van der Waals surface area contributed by atoms with E-state index in [9.17, 15) is 8.42 Å². The molecule has 7 nitrogen and oxygen atoms in total. The highest BCUT2D eigenvalue weighted by Gasteiger charge is 2.17. The van der Waals surface area contributed by atoms with Crippen LogP contribution in [0.5, 0.6) is 5.75 Å². The molecule has 140 valence electrons. The molecule has 0 aliphatic heterocycles. The zero-order valence-electron chi connectivity index (χ0n) is 15.2. The maximum Gasteiger partial charge on any atom is 0.263 e. The molecule has 0 atom stereocenters. The number of anilines is 3. The zero-order valence-corrected chi connectivity index (χ0v) is 16.1. The number of hydrogen-bond acceptors (Lipinski definition) is 6. The van der Waals surface area contributed by atoms with Gasteiger partial charge in [-0.3, -0.25) is 4.72 Å². The lowest BCUT2D eigenvalue weighted by Gasteiger charge is -2.17. The van der Waals surface area contributed by atoms with Gasteiger partial charge in [0.2, 0.25) is 0 Å². The first-order chi connectivity index (χ1) is 12.9. The van der Waals surface area contributed by atoms with Crippen LogP contribution in [0.3, 0.4) is 0 Å². The van der Waals surface area contributed by atoms with Crippen LogP contribution >= 0.6 is 0 Å². The average molecular weight is 384 g/mol. The van der Waals surface area contributed by atoms with Gasteiger partial charge in [0.25, 0.3) is 10.0 Å².